The second kappa shape index (κ2) is 5.18. The van der Waals surface area contributed by atoms with Crippen LogP contribution < -0.4 is 10.1 Å². The molecule has 2 aromatic rings. The SMILES string of the molecule is COc1ccc2nc(C)cc(N[C@@H]3CCS(=O)(=O)C3)c2c1. The Kier molecular flexibility index (Phi) is 3.49. The van der Waals surface area contributed by atoms with E-state index in [1.54, 1.807) is 7.11 Å². The average molecular weight is 306 g/mol. The Balaban J connectivity index is 2.00. The maximum Gasteiger partial charge on any atom is 0.152 e. The Labute approximate surface area is 124 Å². The summed E-state index contributed by atoms with van der Waals surface area (Å²) in [5.41, 5.74) is 2.69. The van der Waals surface area contributed by atoms with E-state index in [1.807, 2.05) is 31.2 Å². The molecule has 0 saturated carbocycles. The molecule has 1 aromatic heterocycles. The summed E-state index contributed by atoms with van der Waals surface area (Å²) in [5, 5.41) is 4.31. The number of rotatable bonds is 3. The predicted molar refractivity (Wildman–Crippen MR) is 83.7 cm³/mol. The molecular weight excluding hydrogens is 288 g/mol. The summed E-state index contributed by atoms with van der Waals surface area (Å²) < 4.78 is 28.4. The molecule has 0 unspecified atom stereocenters. The van der Waals surface area contributed by atoms with E-state index in [4.69, 9.17) is 4.74 Å². The van der Waals surface area contributed by atoms with Gasteiger partial charge in [-0.2, -0.15) is 0 Å². The van der Waals surface area contributed by atoms with Crippen LogP contribution in [0.1, 0.15) is 12.1 Å². The number of hydrogen-bond acceptors (Lipinski definition) is 5. The van der Waals surface area contributed by atoms with Crippen molar-refractivity contribution in [1.82, 2.24) is 4.98 Å². The molecule has 3 rings (SSSR count). The van der Waals surface area contributed by atoms with Gasteiger partial charge in [0.2, 0.25) is 0 Å². The lowest BCUT2D eigenvalue weighted by molar-refractivity contribution is 0.415. The zero-order chi connectivity index (χ0) is 15.0. The molecule has 21 heavy (non-hydrogen) atoms. The molecule has 1 aliphatic heterocycles. The van der Waals surface area contributed by atoms with Gasteiger partial charge in [-0.15, -0.1) is 0 Å². The van der Waals surface area contributed by atoms with Crippen LogP contribution in [0, 0.1) is 6.92 Å². The molecule has 1 atom stereocenters. The number of nitrogens with one attached hydrogen (secondary N) is 1. The second-order valence-electron chi connectivity index (χ2n) is 5.44. The van der Waals surface area contributed by atoms with Gasteiger partial charge in [0.1, 0.15) is 5.75 Å². The number of pyridine rings is 1. The molecule has 112 valence electrons. The molecule has 6 heteroatoms. The minimum atomic E-state index is -2.89. The minimum Gasteiger partial charge on any atom is -0.497 e. The summed E-state index contributed by atoms with van der Waals surface area (Å²) in [5.74, 6) is 1.21. The molecule has 0 spiro atoms. The fraction of sp³-hybridized carbons (Fsp3) is 0.400. The molecule has 1 aromatic carbocycles. The molecule has 5 nitrogen and oxygen atoms in total. The topological polar surface area (TPSA) is 68.3 Å². The van der Waals surface area contributed by atoms with Crippen molar-refractivity contribution in [2.45, 2.75) is 19.4 Å². The number of nitrogens with zero attached hydrogens (tertiary/aromatic N) is 1. The van der Waals surface area contributed by atoms with Gasteiger partial charge in [-0.25, -0.2) is 8.42 Å². The summed E-state index contributed by atoms with van der Waals surface area (Å²) in [6.45, 7) is 1.93. The zero-order valence-corrected chi connectivity index (χ0v) is 12.9. The molecule has 0 radical (unpaired) electrons. The average Bonchev–Trinajstić information content (AvgIpc) is 2.77. The first-order valence-electron chi connectivity index (χ1n) is 6.89. The van der Waals surface area contributed by atoms with Crippen LogP contribution in [0.2, 0.25) is 0 Å². The third-order valence-corrected chi connectivity index (χ3v) is 5.50. The van der Waals surface area contributed by atoms with Crippen molar-refractivity contribution in [3.63, 3.8) is 0 Å². The van der Waals surface area contributed by atoms with Crippen molar-refractivity contribution in [2.75, 3.05) is 23.9 Å². The van der Waals surface area contributed by atoms with E-state index in [1.165, 1.54) is 0 Å². The van der Waals surface area contributed by atoms with Crippen LogP contribution in [0.3, 0.4) is 0 Å². The number of benzene rings is 1. The standard InChI is InChI=1S/C15H18N2O3S/c1-10-7-15(17-11-5-6-21(18,19)9-11)13-8-12(20-2)3-4-14(13)16-10/h3-4,7-8,11H,5-6,9H2,1-2H3,(H,16,17)/t11-/m1/s1. The zero-order valence-electron chi connectivity index (χ0n) is 12.1. The predicted octanol–water partition coefficient (Wildman–Crippen LogP) is 2.15. The van der Waals surface area contributed by atoms with E-state index in [0.29, 0.717) is 6.42 Å². The lowest BCUT2D eigenvalue weighted by atomic mass is 10.1. The van der Waals surface area contributed by atoms with Crippen molar-refractivity contribution in [3.8, 4) is 5.75 Å². The third-order valence-electron chi connectivity index (χ3n) is 3.74. The van der Waals surface area contributed by atoms with E-state index >= 15 is 0 Å². The highest BCUT2D eigenvalue weighted by molar-refractivity contribution is 7.91. The Morgan fingerprint density at radius 1 is 1.33 bits per heavy atom. The van der Waals surface area contributed by atoms with Crippen molar-refractivity contribution >= 4 is 26.4 Å². The summed E-state index contributed by atoms with van der Waals surface area (Å²) in [6.07, 6.45) is 0.648. The Morgan fingerprint density at radius 2 is 2.14 bits per heavy atom. The van der Waals surface area contributed by atoms with E-state index in [0.717, 1.165) is 28.0 Å². The van der Waals surface area contributed by atoms with Gasteiger partial charge in [-0.05, 0) is 37.6 Å². The monoisotopic (exact) mass is 306 g/mol. The Hall–Kier alpha value is -1.82. The van der Waals surface area contributed by atoms with Crippen molar-refractivity contribution in [2.24, 2.45) is 0 Å². The minimum absolute atomic E-state index is 0.0359. The van der Waals surface area contributed by atoms with E-state index in [-0.39, 0.29) is 17.5 Å². The maximum absolute atomic E-state index is 11.6. The van der Waals surface area contributed by atoms with E-state index in [2.05, 4.69) is 10.3 Å². The van der Waals surface area contributed by atoms with Gasteiger partial charge >= 0.3 is 0 Å². The van der Waals surface area contributed by atoms with Gasteiger partial charge in [0, 0.05) is 22.8 Å². The van der Waals surface area contributed by atoms with Crippen LogP contribution in [0.25, 0.3) is 10.9 Å². The fourth-order valence-electron chi connectivity index (χ4n) is 2.71. The summed E-state index contributed by atoms with van der Waals surface area (Å²) in [7, 11) is -1.27. The van der Waals surface area contributed by atoms with Gasteiger partial charge in [-0.3, -0.25) is 4.98 Å². The number of ether oxygens (including phenoxy) is 1. The molecular formula is C15H18N2O3S. The lowest BCUT2D eigenvalue weighted by Crippen LogP contribution is -2.20. The molecule has 1 N–H and O–H groups in total. The number of methoxy groups -OCH3 is 1. The first-order chi connectivity index (χ1) is 9.97. The highest BCUT2D eigenvalue weighted by Crippen LogP contribution is 2.29. The lowest BCUT2D eigenvalue weighted by Gasteiger charge is -2.16. The van der Waals surface area contributed by atoms with Crippen molar-refractivity contribution in [3.05, 3.63) is 30.0 Å². The van der Waals surface area contributed by atoms with Gasteiger partial charge in [0.25, 0.3) is 0 Å². The number of hydrogen-bond donors (Lipinski definition) is 1. The molecule has 1 aliphatic rings. The van der Waals surface area contributed by atoms with Gasteiger partial charge < -0.3 is 10.1 Å². The number of anilines is 1. The largest absolute Gasteiger partial charge is 0.497 e. The third kappa shape index (κ3) is 2.95. The molecule has 0 aliphatic carbocycles. The smallest absolute Gasteiger partial charge is 0.152 e. The highest BCUT2D eigenvalue weighted by Gasteiger charge is 2.28. The normalized spacial score (nSPS) is 20.6. The van der Waals surface area contributed by atoms with E-state index in [9.17, 15) is 8.42 Å². The van der Waals surface area contributed by atoms with Gasteiger partial charge in [0.15, 0.2) is 9.84 Å². The van der Waals surface area contributed by atoms with Crippen molar-refractivity contribution < 1.29 is 13.2 Å². The Bertz CT molecular complexity index is 787. The van der Waals surface area contributed by atoms with Crippen LogP contribution in [0.4, 0.5) is 5.69 Å². The summed E-state index contributed by atoms with van der Waals surface area (Å²) in [4.78, 5) is 4.50. The number of aryl methyl sites for hydroxylation is 1. The van der Waals surface area contributed by atoms with Gasteiger partial charge in [0.05, 0.1) is 24.1 Å². The van der Waals surface area contributed by atoms with Crippen LogP contribution >= 0.6 is 0 Å². The second-order valence-corrected chi connectivity index (χ2v) is 7.67. The van der Waals surface area contributed by atoms with E-state index < -0.39 is 9.84 Å². The number of sulfone groups is 1. The first-order valence-corrected chi connectivity index (χ1v) is 8.71. The molecule has 2 heterocycles. The quantitative estimate of drug-likeness (QED) is 0.941. The molecule has 1 saturated heterocycles. The first kappa shape index (κ1) is 14.1. The number of aromatic nitrogens is 1. The van der Waals surface area contributed by atoms with Gasteiger partial charge in [-0.1, -0.05) is 0 Å². The molecule has 0 amide bonds. The number of fused-ring (bicyclic) bond motifs is 1. The van der Waals surface area contributed by atoms with Crippen LogP contribution in [0.15, 0.2) is 24.3 Å². The molecule has 0 bridgehead atoms. The van der Waals surface area contributed by atoms with Crippen molar-refractivity contribution in [1.29, 1.82) is 0 Å². The Morgan fingerprint density at radius 3 is 2.81 bits per heavy atom. The van der Waals surface area contributed by atoms with Crippen LogP contribution in [-0.4, -0.2) is 38.1 Å². The molecule has 1 fully saturated rings. The van der Waals surface area contributed by atoms with Crippen LogP contribution in [0.5, 0.6) is 5.75 Å². The fourth-order valence-corrected chi connectivity index (χ4v) is 4.39. The summed E-state index contributed by atoms with van der Waals surface area (Å²) >= 11 is 0. The highest BCUT2D eigenvalue weighted by atomic mass is 32.2. The maximum atomic E-state index is 11.6. The van der Waals surface area contributed by atoms with Crippen LogP contribution in [-0.2, 0) is 9.84 Å². The summed E-state index contributed by atoms with van der Waals surface area (Å²) in [6, 6.07) is 7.63.